The number of benzene rings is 1. The third-order valence-electron chi connectivity index (χ3n) is 3.88. The van der Waals surface area contributed by atoms with Crippen LogP contribution in [0.5, 0.6) is 0 Å². The van der Waals surface area contributed by atoms with Crippen molar-refractivity contribution in [2.24, 2.45) is 4.99 Å². The van der Waals surface area contributed by atoms with Gasteiger partial charge in [0.05, 0.1) is 11.4 Å². The molecule has 3 N–H and O–H groups in total. The van der Waals surface area contributed by atoms with Crippen LogP contribution in [0.4, 0.5) is 0 Å². The largest absolute Gasteiger partial charge is 0.357 e. The van der Waals surface area contributed by atoms with Gasteiger partial charge in [-0.3, -0.25) is 0 Å². The van der Waals surface area contributed by atoms with E-state index in [1.54, 1.807) is 24.3 Å². The third-order valence-corrected chi connectivity index (χ3v) is 6.46. The number of aryl methyl sites for hydroxylation is 3. The van der Waals surface area contributed by atoms with E-state index in [4.69, 9.17) is 0 Å². The monoisotopic (exact) mass is 536 g/mol. The highest BCUT2D eigenvalue weighted by molar-refractivity contribution is 14.0. The van der Waals surface area contributed by atoms with E-state index < -0.39 is 10.0 Å². The Kier molecular flexibility index (Phi) is 10.4. The first-order valence-corrected chi connectivity index (χ1v) is 11.3. The van der Waals surface area contributed by atoms with Crippen molar-refractivity contribution in [3.05, 3.63) is 51.2 Å². The number of hydrogen-bond donors (Lipinski definition) is 3. The lowest BCUT2D eigenvalue weighted by molar-refractivity contribution is 0.580. The number of sulfonamides is 1. The molecule has 1 heterocycles. The molecule has 0 amide bonds. The summed E-state index contributed by atoms with van der Waals surface area (Å²) in [5.74, 6) is 0.675. The fourth-order valence-corrected chi connectivity index (χ4v) is 4.68. The molecule has 0 aliphatic rings. The number of aliphatic imine (C=N–C) groups is 1. The van der Waals surface area contributed by atoms with Crippen molar-refractivity contribution in [3.8, 4) is 0 Å². The van der Waals surface area contributed by atoms with Crippen molar-refractivity contribution in [1.82, 2.24) is 15.4 Å². The van der Waals surface area contributed by atoms with Gasteiger partial charge in [0.2, 0.25) is 10.0 Å². The zero-order chi connectivity index (χ0) is 19.9. The van der Waals surface area contributed by atoms with Gasteiger partial charge in [-0.15, -0.1) is 35.3 Å². The van der Waals surface area contributed by atoms with E-state index in [0.717, 1.165) is 17.7 Å². The minimum atomic E-state index is -3.52. The van der Waals surface area contributed by atoms with Crippen molar-refractivity contribution in [3.63, 3.8) is 0 Å². The molecule has 0 unspecified atom stereocenters. The lowest BCUT2D eigenvalue weighted by Gasteiger charge is -2.13. The first kappa shape index (κ1) is 24.9. The molecule has 0 saturated carbocycles. The molecule has 1 aromatic heterocycles. The van der Waals surface area contributed by atoms with Crippen LogP contribution in [-0.2, 0) is 16.6 Å². The van der Waals surface area contributed by atoms with Crippen molar-refractivity contribution in [1.29, 1.82) is 0 Å². The first-order chi connectivity index (χ1) is 12.8. The molecule has 0 aliphatic heterocycles. The maximum atomic E-state index is 12.5. The Morgan fingerprint density at radius 2 is 1.82 bits per heavy atom. The van der Waals surface area contributed by atoms with Gasteiger partial charge in [-0.05, 0) is 57.0 Å². The summed E-state index contributed by atoms with van der Waals surface area (Å²) < 4.78 is 27.7. The van der Waals surface area contributed by atoms with Gasteiger partial charge in [0.15, 0.2) is 5.96 Å². The molecule has 2 aromatic rings. The van der Waals surface area contributed by atoms with E-state index in [1.165, 1.54) is 9.75 Å². The summed E-state index contributed by atoms with van der Waals surface area (Å²) in [4.78, 5) is 7.33. The topological polar surface area (TPSA) is 82.6 Å². The summed E-state index contributed by atoms with van der Waals surface area (Å²) in [6.07, 6.45) is 0. The van der Waals surface area contributed by atoms with Gasteiger partial charge >= 0.3 is 0 Å². The summed E-state index contributed by atoms with van der Waals surface area (Å²) in [6, 6.07) is 9.58. The number of guanidine groups is 1. The van der Waals surface area contributed by atoms with E-state index in [9.17, 15) is 8.42 Å². The third kappa shape index (κ3) is 7.69. The van der Waals surface area contributed by atoms with Crippen LogP contribution in [-0.4, -0.2) is 34.0 Å². The Bertz CT molecular complexity index is 895. The summed E-state index contributed by atoms with van der Waals surface area (Å²) in [7, 11) is -3.52. The van der Waals surface area contributed by atoms with Crippen LogP contribution in [0.2, 0.25) is 0 Å². The molecule has 156 valence electrons. The van der Waals surface area contributed by atoms with Gasteiger partial charge in [0, 0.05) is 29.4 Å². The van der Waals surface area contributed by atoms with Crippen molar-refractivity contribution in [2.75, 3.05) is 19.6 Å². The molecule has 9 heteroatoms. The molecular formula is C19H29IN4O2S2. The average molecular weight is 537 g/mol. The average Bonchev–Trinajstić information content (AvgIpc) is 3.03. The van der Waals surface area contributed by atoms with E-state index in [0.29, 0.717) is 23.9 Å². The summed E-state index contributed by atoms with van der Waals surface area (Å²) in [6.45, 7) is 9.81. The summed E-state index contributed by atoms with van der Waals surface area (Å²) in [5, 5.41) is 6.34. The number of nitrogens with zero attached hydrogens (tertiary/aromatic N) is 1. The van der Waals surface area contributed by atoms with E-state index in [2.05, 4.69) is 39.4 Å². The molecule has 0 spiro atoms. The molecule has 0 fully saturated rings. The highest BCUT2D eigenvalue weighted by Crippen LogP contribution is 2.16. The zero-order valence-electron chi connectivity index (χ0n) is 16.7. The molecular weight excluding hydrogens is 507 g/mol. The van der Waals surface area contributed by atoms with Crippen LogP contribution in [0.25, 0.3) is 0 Å². The van der Waals surface area contributed by atoms with Gasteiger partial charge in [-0.2, -0.15) is 0 Å². The molecule has 28 heavy (non-hydrogen) atoms. The predicted molar refractivity (Wildman–Crippen MR) is 128 cm³/mol. The normalized spacial score (nSPS) is 11.8. The Hall–Kier alpha value is -1.17. The smallest absolute Gasteiger partial charge is 0.240 e. The fraction of sp³-hybridized carbons (Fsp3) is 0.421. The van der Waals surface area contributed by atoms with Crippen molar-refractivity contribution >= 4 is 51.3 Å². The number of nitrogens with one attached hydrogen (secondary N) is 3. The molecule has 2 rings (SSSR count). The second kappa shape index (κ2) is 11.7. The van der Waals surface area contributed by atoms with Crippen molar-refractivity contribution < 1.29 is 8.42 Å². The Labute approximate surface area is 189 Å². The van der Waals surface area contributed by atoms with Crippen LogP contribution in [0, 0.1) is 20.8 Å². The zero-order valence-corrected chi connectivity index (χ0v) is 20.7. The second-order valence-corrected chi connectivity index (χ2v) is 9.41. The van der Waals surface area contributed by atoms with E-state index >= 15 is 0 Å². The molecule has 0 radical (unpaired) electrons. The number of rotatable bonds is 8. The summed E-state index contributed by atoms with van der Waals surface area (Å²) in [5.41, 5.74) is 1.66. The Balaban J connectivity index is 0.00000392. The highest BCUT2D eigenvalue weighted by Gasteiger charge is 2.16. The molecule has 6 nitrogen and oxygen atoms in total. The quantitative estimate of drug-likeness (QED) is 0.209. The number of hydrogen-bond acceptors (Lipinski definition) is 4. The van der Waals surface area contributed by atoms with Crippen LogP contribution >= 0.6 is 35.3 Å². The molecule has 0 atom stereocenters. The Morgan fingerprint density at radius 3 is 2.46 bits per heavy atom. The molecule has 0 aliphatic carbocycles. The maximum absolute atomic E-state index is 12.5. The SMILES string of the molecule is CCNC(=NCc1ccc(C)s1)NCCNS(=O)(=O)c1cc(C)ccc1C.I. The van der Waals surface area contributed by atoms with E-state index in [-0.39, 0.29) is 30.5 Å². The Morgan fingerprint density at radius 1 is 1.07 bits per heavy atom. The first-order valence-electron chi connectivity index (χ1n) is 8.96. The maximum Gasteiger partial charge on any atom is 0.240 e. The standard InChI is InChI=1S/C19H28N4O2S2.HI/c1-5-20-19(22-13-17-9-8-16(4)26-17)21-10-11-23-27(24,25)18-12-14(2)6-7-15(18)3;/h6-9,12,23H,5,10-11,13H2,1-4H3,(H2,20,21,22);1H. The van der Waals surface area contributed by atoms with Crippen LogP contribution < -0.4 is 15.4 Å². The fourth-order valence-electron chi connectivity index (χ4n) is 2.51. The van der Waals surface area contributed by atoms with Gasteiger partial charge in [-0.1, -0.05) is 12.1 Å². The van der Waals surface area contributed by atoms with Crippen LogP contribution in [0.1, 0.15) is 27.8 Å². The van der Waals surface area contributed by atoms with Gasteiger partial charge in [0.25, 0.3) is 0 Å². The van der Waals surface area contributed by atoms with E-state index in [1.807, 2.05) is 26.0 Å². The molecule has 0 bridgehead atoms. The second-order valence-electron chi connectivity index (χ2n) is 6.30. The highest BCUT2D eigenvalue weighted by atomic mass is 127. The number of halogens is 1. The summed E-state index contributed by atoms with van der Waals surface area (Å²) >= 11 is 1.73. The molecule has 0 saturated heterocycles. The minimum Gasteiger partial charge on any atom is -0.357 e. The van der Waals surface area contributed by atoms with Gasteiger partial charge < -0.3 is 10.6 Å². The predicted octanol–water partition coefficient (Wildman–Crippen LogP) is 3.32. The van der Waals surface area contributed by atoms with Gasteiger partial charge in [-0.25, -0.2) is 18.1 Å². The van der Waals surface area contributed by atoms with Gasteiger partial charge in [0.1, 0.15) is 0 Å². The van der Waals surface area contributed by atoms with Crippen LogP contribution in [0.15, 0.2) is 40.2 Å². The number of thiophene rings is 1. The lowest BCUT2D eigenvalue weighted by atomic mass is 10.2. The van der Waals surface area contributed by atoms with Crippen LogP contribution in [0.3, 0.4) is 0 Å². The molecule has 1 aromatic carbocycles. The lowest BCUT2D eigenvalue weighted by Crippen LogP contribution is -2.41. The van der Waals surface area contributed by atoms with Crippen molar-refractivity contribution in [2.45, 2.75) is 39.1 Å². The minimum absolute atomic E-state index is 0.